The van der Waals surface area contributed by atoms with E-state index < -0.39 is 47.3 Å². The molecule has 2 atom stereocenters. The minimum Gasteiger partial charge on any atom is -0.368 e. The summed E-state index contributed by atoms with van der Waals surface area (Å²) < 4.78 is 78.1. The summed E-state index contributed by atoms with van der Waals surface area (Å²) in [6, 6.07) is 0. The average Bonchev–Trinajstić information content (AvgIpc) is 2.81. The molecule has 1 fully saturated rings. The van der Waals surface area contributed by atoms with Crippen LogP contribution in [0, 0.1) is 11.8 Å². The van der Waals surface area contributed by atoms with Gasteiger partial charge in [-0.05, 0) is 25.2 Å². The molecule has 3 rings (SSSR count). The number of anilines is 1. The van der Waals surface area contributed by atoms with Crippen molar-refractivity contribution in [1.82, 2.24) is 14.9 Å². The Bertz CT molecular complexity index is 717. The number of fused-ring (bicyclic) bond motifs is 1. The molecule has 5 nitrogen and oxygen atoms in total. The fourth-order valence-electron chi connectivity index (χ4n) is 3.69. The van der Waals surface area contributed by atoms with E-state index in [0.29, 0.717) is 12.8 Å². The molecule has 0 unspecified atom stereocenters. The molecule has 0 bridgehead atoms. The Morgan fingerprint density at radius 3 is 2.42 bits per heavy atom. The topological polar surface area (TPSA) is 72.1 Å². The number of hydrogen-bond acceptors (Lipinski definition) is 4. The van der Waals surface area contributed by atoms with Crippen LogP contribution in [0.4, 0.5) is 32.3 Å². The first kappa shape index (κ1) is 18.7. The normalized spacial score (nSPS) is 24.1. The van der Waals surface area contributed by atoms with Crippen LogP contribution in [0.5, 0.6) is 0 Å². The summed E-state index contributed by atoms with van der Waals surface area (Å²) in [5, 5.41) is 0. The van der Waals surface area contributed by atoms with E-state index in [-0.39, 0.29) is 31.6 Å². The molecule has 0 saturated heterocycles. The highest BCUT2D eigenvalue weighted by atomic mass is 19.4. The summed E-state index contributed by atoms with van der Waals surface area (Å²) in [5.41, 5.74) is 3.10. The molecule has 1 aliphatic heterocycles. The first-order valence-corrected chi connectivity index (χ1v) is 8.06. The Balaban J connectivity index is 1.79. The van der Waals surface area contributed by atoms with Crippen molar-refractivity contribution in [3.05, 3.63) is 17.0 Å². The molecule has 144 valence electrons. The summed E-state index contributed by atoms with van der Waals surface area (Å²) in [5.74, 6) is -3.38. The van der Waals surface area contributed by atoms with Gasteiger partial charge in [0.05, 0.1) is 23.7 Å². The molecule has 26 heavy (non-hydrogen) atoms. The molecule has 1 amide bonds. The van der Waals surface area contributed by atoms with Gasteiger partial charge in [-0.3, -0.25) is 4.79 Å². The van der Waals surface area contributed by atoms with Gasteiger partial charge in [0, 0.05) is 6.54 Å². The largest absolute Gasteiger partial charge is 0.434 e. The molecule has 1 saturated carbocycles. The number of aromatic nitrogens is 2. The second-order valence-corrected chi connectivity index (χ2v) is 6.71. The van der Waals surface area contributed by atoms with E-state index in [1.165, 1.54) is 0 Å². The summed E-state index contributed by atoms with van der Waals surface area (Å²) >= 11 is 0. The van der Waals surface area contributed by atoms with Crippen molar-refractivity contribution in [2.45, 2.75) is 44.6 Å². The maximum atomic E-state index is 13.1. The maximum absolute atomic E-state index is 13.1. The Morgan fingerprint density at radius 1 is 1.12 bits per heavy atom. The number of alkyl halides is 6. The third-order valence-electron chi connectivity index (χ3n) is 4.84. The van der Waals surface area contributed by atoms with Gasteiger partial charge in [-0.15, -0.1) is 0 Å². The third-order valence-corrected chi connectivity index (χ3v) is 4.84. The van der Waals surface area contributed by atoms with Crippen molar-refractivity contribution >= 4 is 11.9 Å². The molecule has 0 radical (unpaired) electrons. The van der Waals surface area contributed by atoms with Crippen molar-refractivity contribution in [3.63, 3.8) is 0 Å². The van der Waals surface area contributed by atoms with Gasteiger partial charge < -0.3 is 10.6 Å². The van der Waals surface area contributed by atoms with Gasteiger partial charge in [-0.25, -0.2) is 9.97 Å². The zero-order chi connectivity index (χ0) is 19.3. The molecule has 1 aliphatic carbocycles. The van der Waals surface area contributed by atoms with Crippen molar-refractivity contribution in [3.8, 4) is 0 Å². The van der Waals surface area contributed by atoms with E-state index in [2.05, 4.69) is 9.97 Å². The minimum absolute atomic E-state index is 0.0361. The molecule has 2 N–H and O–H groups in total. The van der Waals surface area contributed by atoms with Gasteiger partial charge in [0.2, 0.25) is 5.95 Å². The zero-order valence-electron chi connectivity index (χ0n) is 13.5. The molecule has 0 aromatic carbocycles. The molecule has 1 aromatic heterocycles. The number of nitrogen functional groups attached to an aromatic ring is 1. The molecular formula is C15H16F6N4O. The maximum Gasteiger partial charge on any atom is 0.434 e. The van der Waals surface area contributed by atoms with Crippen LogP contribution in [-0.4, -0.2) is 33.5 Å². The standard InChI is InChI=1S/C15H16F6N4O/c16-14(17,18)8-3-1-2-7(4-8)5-25-6-9-10(12(25)26)11(15(19,20)21)24-13(22)23-9/h7-8H,1-6H2,(H2,22,23,24)/t7-,8+/m0/s1. The van der Waals surface area contributed by atoms with Gasteiger partial charge in [-0.1, -0.05) is 6.42 Å². The average molecular weight is 382 g/mol. The molecule has 0 spiro atoms. The van der Waals surface area contributed by atoms with Gasteiger partial charge >= 0.3 is 12.4 Å². The Kier molecular flexibility index (Phi) is 4.51. The molecule has 2 heterocycles. The lowest BCUT2D eigenvalue weighted by atomic mass is 9.81. The smallest absolute Gasteiger partial charge is 0.368 e. The highest BCUT2D eigenvalue weighted by molar-refractivity contribution is 5.99. The molecule has 2 aliphatic rings. The second-order valence-electron chi connectivity index (χ2n) is 6.71. The van der Waals surface area contributed by atoms with Crippen LogP contribution in [-0.2, 0) is 12.7 Å². The van der Waals surface area contributed by atoms with Gasteiger partial charge in [0.1, 0.15) is 0 Å². The highest BCUT2D eigenvalue weighted by Crippen LogP contribution is 2.41. The van der Waals surface area contributed by atoms with E-state index >= 15 is 0 Å². The van der Waals surface area contributed by atoms with Crippen molar-refractivity contribution in [2.75, 3.05) is 12.3 Å². The van der Waals surface area contributed by atoms with E-state index in [0.717, 1.165) is 4.90 Å². The van der Waals surface area contributed by atoms with E-state index in [9.17, 15) is 31.1 Å². The summed E-state index contributed by atoms with van der Waals surface area (Å²) in [6.07, 6.45) is -8.42. The van der Waals surface area contributed by atoms with Crippen molar-refractivity contribution in [2.24, 2.45) is 11.8 Å². The van der Waals surface area contributed by atoms with Gasteiger partial charge in [-0.2, -0.15) is 26.3 Å². The second kappa shape index (κ2) is 6.27. The van der Waals surface area contributed by atoms with Crippen LogP contribution in [0.3, 0.4) is 0 Å². The van der Waals surface area contributed by atoms with Crippen LogP contribution in [0.2, 0.25) is 0 Å². The van der Waals surface area contributed by atoms with Crippen molar-refractivity contribution < 1.29 is 31.1 Å². The van der Waals surface area contributed by atoms with Crippen LogP contribution >= 0.6 is 0 Å². The van der Waals surface area contributed by atoms with Gasteiger partial charge in [0.25, 0.3) is 5.91 Å². The number of hydrogen-bond donors (Lipinski definition) is 1. The highest BCUT2D eigenvalue weighted by Gasteiger charge is 2.46. The molecule has 11 heteroatoms. The fourth-order valence-corrected chi connectivity index (χ4v) is 3.69. The van der Waals surface area contributed by atoms with E-state index in [1.807, 2.05) is 0 Å². The number of rotatable bonds is 2. The third kappa shape index (κ3) is 3.56. The lowest BCUT2D eigenvalue weighted by Gasteiger charge is -2.32. The summed E-state index contributed by atoms with van der Waals surface area (Å²) in [4.78, 5) is 20.4. The number of nitrogens with two attached hydrogens (primary N) is 1. The zero-order valence-corrected chi connectivity index (χ0v) is 13.5. The Hall–Kier alpha value is -2.07. The minimum atomic E-state index is -4.88. The van der Waals surface area contributed by atoms with E-state index in [4.69, 9.17) is 5.73 Å². The SMILES string of the molecule is Nc1nc2c(c(C(F)(F)F)n1)C(=O)N(C[C@H]1CCC[C@@H](C(F)(F)F)C1)C2. The van der Waals surface area contributed by atoms with Crippen LogP contribution in [0.1, 0.15) is 47.4 Å². The summed E-state index contributed by atoms with van der Waals surface area (Å²) in [7, 11) is 0. The van der Waals surface area contributed by atoms with Crippen LogP contribution in [0.25, 0.3) is 0 Å². The predicted octanol–water partition coefficient (Wildman–Crippen LogP) is 3.40. The lowest BCUT2D eigenvalue weighted by Crippen LogP contribution is -2.36. The Labute approximate surface area is 144 Å². The lowest BCUT2D eigenvalue weighted by molar-refractivity contribution is -0.186. The number of carbonyl (C=O) groups is 1. The monoisotopic (exact) mass is 382 g/mol. The quantitative estimate of drug-likeness (QED) is 0.796. The van der Waals surface area contributed by atoms with Crippen LogP contribution in [0.15, 0.2) is 0 Å². The van der Waals surface area contributed by atoms with Gasteiger partial charge in [0.15, 0.2) is 5.69 Å². The first-order chi connectivity index (χ1) is 12.0. The molecule has 1 aromatic rings. The first-order valence-electron chi connectivity index (χ1n) is 8.06. The number of carbonyl (C=O) groups excluding carboxylic acids is 1. The fraction of sp³-hybridized carbons (Fsp3) is 0.667. The van der Waals surface area contributed by atoms with Crippen molar-refractivity contribution in [1.29, 1.82) is 0 Å². The molecular weight excluding hydrogens is 366 g/mol. The summed E-state index contributed by atoms with van der Waals surface area (Å²) in [6.45, 7) is -0.254. The number of halogens is 6. The number of amides is 1. The van der Waals surface area contributed by atoms with Crippen LogP contribution < -0.4 is 5.73 Å². The predicted molar refractivity (Wildman–Crippen MR) is 77.7 cm³/mol. The van der Waals surface area contributed by atoms with E-state index in [1.54, 1.807) is 0 Å². The Morgan fingerprint density at radius 2 is 1.81 bits per heavy atom. The number of nitrogens with zero attached hydrogens (tertiary/aromatic N) is 3.